The van der Waals surface area contributed by atoms with Gasteiger partial charge in [0, 0.05) is 25.6 Å². The van der Waals surface area contributed by atoms with Crippen LogP contribution < -0.4 is 14.8 Å². The molecule has 3 aromatic rings. The molecular weight excluding hydrogens is 332 g/mol. The second-order valence-corrected chi connectivity index (χ2v) is 5.82. The lowest BCUT2D eigenvalue weighted by Crippen LogP contribution is -2.26. The number of amides is 1. The number of carbonyl (C=O) groups excluding carboxylic acids is 1. The predicted octanol–water partition coefficient (Wildman–Crippen LogP) is 2.04. The van der Waals surface area contributed by atoms with Crippen LogP contribution in [0.15, 0.2) is 42.6 Å². The first kappa shape index (κ1) is 17.7. The van der Waals surface area contributed by atoms with Gasteiger partial charge in [-0.15, -0.1) is 10.2 Å². The number of pyridine rings is 1. The van der Waals surface area contributed by atoms with Crippen molar-refractivity contribution in [3.8, 4) is 11.5 Å². The Hall–Kier alpha value is -3.09. The van der Waals surface area contributed by atoms with Gasteiger partial charge >= 0.3 is 0 Å². The minimum atomic E-state index is -0.0105. The van der Waals surface area contributed by atoms with Crippen LogP contribution in [0.2, 0.25) is 0 Å². The molecule has 0 fully saturated rings. The van der Waals surface area contributed by atoms with Crippen molar-refractivity contribution in [3.63, 3.8) is 0 Å². The van der Waals surface area contributed by atoms with Crippen molar-refractivity contribution in [3.05, 3.63) is 54.0 Å². The van der Waals surface area contributed by atoms with Gasteiger partial charge in [-0.25, -0.2) is 0 Å². The Kier molecular flexibility index (Phi) is 5.68. The zero-order valence-electron chi connectivity index (χ0n) is 14.9. The van der Waals surface area contributed by atoms with Gasteiger partial charge < -0.3 is 14.8 Å². The lowest BCUT2D eigenvalue weighted by atomic mass is 10.1. The molecule has 0 atom stereocenters. The number of aryl methyl sites for hydroxylation is 1. The predicted molar refractivity (Wildman–Crippen MR) is 97.6 cm³/mol. The number of fused-ring (bicyclic) bond motifs is 1. The van der Waals surface area contributed by atoms with Crippen LogP contribution in [0.1, 0.15) is 17.8 Å². The van der Waals surface area contributed by atoms with Gasteiger partial charge in [-0.1, -0.05) is 6.07 Å². The molecule has 1 amide bonds. The zero-order valence-corrected chi connectivity index (χ0v) is 14.9. The van der Waals surface area contributed by atoms with Gasteiger partial charge in [0.05, 0.1) is 14.2 Å². The molecule has 0 saturated heterocycles. The molecule has 0 aliphatic heterocycles. The number of benzene rings is 1. The van der Waals surface area contributed by atoms with Crippen LogP contribution in [-0.4, -0.2) is 41.3 Å². The van der Waals surface area contributed by atoms with E-state index in [2.05, 4.69) is 15.5 Å². The molecular formula is C19H22N4O3. The van der Waals surface area contributed by atoms with Gasteiger partial charge in [0.15, 0.2) is 5.65 Å². The van der Waals surface area contributed by atoms with E-state index in [0.29, 0.717) is 25.8 Å². The fourth-order valence-electron chi connectivity index (χ4n) is 2.79. The fourth-order valence-corrected chi connectivity index (χ4v) is 2.79. The molecule has 7 nitrogen and oxygen atoms in total. The van der Waals surface area contributed by atoms with E-state index in [0.717, 1.165) is 28.5 Å². The normalized spacial score (nSPS) is 10.7. The maximum absolute atomic E-state index is 12.1. The molecule has 0 bridgehead atoms. The van der Waals surface area contributed by atoms with E-state index in [1.807, 2.05) is 47.0 Å². The van der Waals surface area contributed by atoms with Crippen LogP contribution in [0.3, 0.4) is 0 Å². The third-order valence-electron chi connectivity index (χ3n) is 4.16. The summed E-state index contributed by atoms with van der Waals surface area (Å²) in [5.74, 6) is 2.33. The Labute approximate surface area is 152 Å². The summed E-state index contributed by atoms with van der Waals surface area (Å²) in [4.78, 5) is 12.1. The van der Waals surface area contributed by atoms with Crippen LogP contribution in [0, 0.1) is 0 Å². The van der Waals surface area contributed by atoms with Gasteiger partial charge in [0.2, 0.25) is 5.91 Å². The topological polar surface area (TPSA) is 77.8 Å². The number of hydrogen-bond acceptors (Lipinski definition) is 5. The Balaban J connectivity index is 1.50. The quantitative estimate of drug-likeness (QED) is 0.670. The van der Waals surface area contributed by atoms with Crippen molar-refractivity contribution in [1.29, 1.82) is 0 Å². The highest BCUT2D eigenvalue weighted by molar-refractivity contribution is 5.76. The van der Waals surface area contributed by atoms with E-state index in [9.17, 15) is 4.79 Å². The molecule has 3 rings (SSSR count). The summed E-state index contributed by atoms with van der Waals surface area (Å²) in [5.41, 5.74) is 1.75. The molecule has 136 valence electrons. The van der Waals surface area contributed by atoms with Gasteiger partial charge in [0.25, 0.3) is 0 Å². The van der Waals surface area contributed by atoms with E-state index in [4.69, 9.17) is 9.47 Å². The number of methoxy groups -OCH3 is 2. The maximum Gasteiger partial charge on any atom is 0.220 e. The summed E-state index contributed by atoms with van der Waals surface area (Å²) in [6, 6.07) is 11.3. The summed E-state index contributed by atoms with van der Waals surface area (Å²) in [6.07, 6.45) is 3.51. The second kappa shape index (κ2) is 8.33. The van der Waals surface area contributed by atoms with Crippen molar-refractivity contribution in [2.45, 2.75) is 19.3 Å². The molecule has 2 heterocycles. The van der Waals surface area contributed by atoms with Crippen LogP contribution in [-0.2, 0) is 17.6 Å². The molecule has 0 aliphatic carbocycles. The van der Waals surface area contributed by atoms with Gasteiger partial charge in [-0.3, -0.25) is 9.20 Å². The number of carbonyl (C=O) groups is 1. The monoisotopic (exact) mass is 354 g/mol. The van der Waals surface area contributed by atoms with Crippen LogP contribution in [0.5, 0.6) is 11.5 Å². The third kappa shape index (κ3) is 4.11. The molecule has 0 spiro atoms. The lowest BCUT2D eigenvalue weighted by Gasteiger charge is -2.10. The Bertz CT molecular complexity index is 891. The average molecular weight is 354 g/mol. The Morgan fingerprint density at radius 2 is 2.00 bits per heavy atom. The van der Waals surface area contributed by atoms with Crippen molar-refractivity contribution >= 4 is 11.6 Å². The minimum Gasteiger partial charge on any atom is -0.497 e. The summed E-state index contributed by atoms with van der Waals surface area (Å²) in [5, 5.41) is 11.2. The standard InChI is InChI=1S/C19H22N4O3/c1-25-15-7-8-16(26-2)14(13-15)6-9-19(24)20-11-10-18-22-21-17-5-3-4-12-23(17)18/h3-5,7-8,12-13H,6,9-11H2,1-2H3,(H,20,24). The molecule has 0 unspecified atom stereocenters. The largest absolute Gasteiger partial charge is 0.497 e. The molecule has 0 aliphatic rings. The first-order valence-electron chi connectivity index (χ1n) is 8.47. The Morgan fingerprint density at radius 3 is 2.81 bits per heavy atom. The molecule has 2 aromatic heterocycles. The highest BCUT2D eigenvalue weighted by atomic mass is 16.5. The van der Waals surface area contributed by atoms with Crippen LogP contribution in [0.4, 0.5) is 0 Å². The number of rotatable bonds is 8. The van der Waals surface area contributed by atoms with Crippen LogP contribution >= 0.6 is 0 Å². The van der Waals surface area contributed by atoms with E-state index >= 15 is 0 Å². The van der Waals surface area contributed by atoms with Crippen LogP contribution in [0.25, 0.3) is 5.65 Å². The zero-order chi connectivity index (χ0) is 18.4. The van der Waals surface area contributed by atoms with Crippen molar-refractivity contribution < 1.29 is 14.3 Å². The SMILES string of the molecule is COc1ccc(OC)c(CCC(=O)NCCc2nnc3ccccn23)c1. The highest BCUT2D eigenvalue weighted by Crippen LogP contribution is 2.25. The summed E-state index contributed by atoms with van der Waals surface area (Å²) in [6.45, 7) is 0.518. The van der Waals surface area contributed by atoms with Gasteiger partial charge in [0.1, 0.15) is 17.3 Å². The summed E-state index contributed by atoms with van der Waals surface area (Å²) < 4.78 is 12.5. The molecule has 7 heteroatoms. The van der Waals surface area contributed by atoms with Gasteiger partial charge in [-0.05, 0) is 42.3 Å². The maximum atomic E-state index is 12.1. The average Bonchev–Trinajstić information content (AvgIpc) is 3.09. The lowest BCUT2D eigenvalue weighted by molar-refractivity contribution is -0.121. The van der Waals surface area contributed by atoms with Gasteiger partial charge in [-0.2, -0.15) is 0 Å². The molecule has 1 aromatic carbocycles. The van der Waals surface area contributed by atoms with E-state index in [1.54, 1.807) is 14.2 Å². The number of nitrogens with one attached hydrogen (secondary N) is 1. The minimum absolute atomic E-state index is 0.0105. The first-order chi connectivity index (χ1) is 12.7. The first-order valence-corrected chi connectivity index (χ1v) is 8.47. The summed E-state index contributed by atoms with van der Waals surface area (Å²) in [7, 11) is 3.24. The third-order valence-corrected chi connectivity index (χ3v) is 4.16. The van der Waals surface area contributed by atoms with Crippen molar-refractivity contribution in [1.82, 2.24) is 19.9 Å². The second-order valence-electron chi connectivity index (χ2n) is 5.82. The Morgan fingerprint density at radius 1 is 1.12 bits per heavy atom. The summed E-state index contributed by atoms with van der Waals surface area (Å²) >= 11 is 0. The van der Waals surface area contributed by atoms with E-state index in [-0.39, 0.29) is 5.91 Å². The van der Waals surface area contributed by atoms with E-state index in [1.165, 1.54) is 0 Å². The highest BCUT2D eigenvalue weighted by Gasteiger charge is 2.09. The molecule has 26 heavy (non-hydrogen) atoms. The van der Waals surface area contributed by atoms with Crippen molar-refractivity contribution in [2.24, 2.45) is 0 Å². The smallest absolute Gasteiger partial charge is 0.220 e. The number of hydrogen-bond donors (Lipinski definition) is 1. The van der Waals surface area contributed by atoms with Crippen molar-refractivity contribution in [2.75, 3.05) is 20.8 Å². The molecule has 1 N–H and O–H groups in total. The fraction of sp³-hybridized carbons (Fsp3) is 0.316. The number of aromatic nitrogens is 3. The molecule has 0 saturated carbocycles. The van der Waals surface area contributed by atoms with E-state index < -0.39 is 0 Å². The number of ether oxygens (including phenoxy) is 2. The molecule has 0 radical (unpaired) electrons. The number of nitrogens with zero attached hydrogens (tertiary/aromatic N) is 3.